The number of hydrogen-bond donors (Lipinski definition) is 1. The van der Waals surface area contributed by atoms with E-state index < -0.39 is 0 Å². The monoisotopic (exact) mass is 277 g/mol. The van der Waals surface area contributed by atoms with E-state index in [2.05, 4.69) is 12.2 Å². The summed E-state index contributed by atoms with van der Waals surface area (Å²) in [6, 6.07) is 7.29. The largest absolute Gasteiger partial charge is 0.322 e. The Balaban J connectivity index is 2.11. The van der Waals surface area contributed by atoms with Crippen molar-refractivity contribution in [3.8, 4) is 0 Å². The van der Waals surface area contributed by atoms with Gasteiger partial charge in [0.25, 0.3) is 5.91 Å². The lowest BCUT2D eigenvalue weighted by Gasteiger charge is -2.15. The van der Waals surface area contributed by atoms with Gasteiger partial charge >= 0.3 is 0 Å². The Bertz CT molecular complexity index is 493. The summed E-state index contributed by atoms with van der Waals surface area (Å²) < 4.78 is 0. The van der Waals surface area contributed by atoms with Crippen LogP contribution in [0.4, 0.5) is 5.69 Å². The molecule has 0 aromatic heterocycles. The van der Waals surface area contributed by atoms with Gasteiger partial charge in [-0.15, -0.1) is 0 Å². The number of nitrogens with one attached hydrogen (secondary N) is 1. The first kappa shape index (κ1) is 14.1. The molecule has 2 nitrogen and oxygen atoms in total. The highest BCUT2D eigenvalue weighted by atomic mass is 35.5. The smallest absolute Gasteiger partial charge is 0.251 e. The zero-order valence-corrected chi connectivity index (χ0v) is 12.1. The Hall–Kier alpha value is -1.28. The fraction of sp³-hybridized carbons (Fsp3) is 0.438. The number of carbonyl (C=O) groups excluding carboxylic acids is 1. The second kappa shape index (κ2) is 6.76. The molecule has 3 heteroatoms. The van der Waals surface area contributed by atoms with E-state index in [1.807, 2.05) is 12.1 Å². The number of anilines is 1. The molecule has 0 fully saturated rings. The summed E-state index contributed by atoms with van der Waals surface area (Å²) in [4.78, 5) is 12.3. The second-order valence-corrected chi connectivity index (χ2v) is 5.57. The van der Waals surface area contributed by atoms with Crippen LogP contribution in [0, 0.1) is 0 Å². The van der Waals surface area contributed by atoms with Gasteiger partial charge in [0.05, 0.1) is 0 Å². The van der Waals surface area contributed by atoms with E-state index in [0.717, 1.165) is 30.5 Å². The number of carbonyl (C=O) groups is 1. The molecule has 0 heterocycles. The standard InChI is InChI=1S/C16H20ClNO/c1-12-7-4-2-3-5-10-15(12)16(19)18-14-9-6-8-13(17)11-14/h6,8-9,11H,2-5,7,10H2,1H3,(H,18,19)/b15-12+. The molecule has 0 unspecified atom stereocenters. The van der Waals surface area contributed by atoms with Crippen molar-refractivity contribution in [3.63, 3.8) is 0 Å². The third-order valence-corrected chi connectivity index (χ3v) is 3.84. The predicted molar refractivity (Wildman–Crippen MR) is 80.5 cm³/mol. The van der Waals surface area contributed by atoms with Crippen LogP contribution in [0.15, 0.2) is 35.4 Å². The SMILES string of the molecule is C/C1=C(\C(=O)Nc2cccc(Cl)c2)CCCCCC1. The Morgan fingerprint density at radius 1 is 1.16 bits per heavy atom. The first-order valence-corrected chi connectivity index (χ1v) is 7.30. The van der Waals surface area contributed by atoms with Gasteiger partial charge in [0.2, 0.25) is 0 Å². The number of benzene rings is 1. The van der Waals surface area contributed by atoms with Gasteiger partial charge < -0.3 is 5.32 Å². The first-order chi connectivity index (χ1) is 9.16. The summed E-state index contributed by atoms with van der Waals surface area (Å²) >= 11 is 5.93. The van der Waals surface area contributed by atoms with Crippen LogP contribution in [0.25, 0.3) is 0 Å². The highest BCUT2D eigenvalue weighted by Crippen LogP contribution is 2.24. The van der Waals surface area contributed by atoms with Gasteiger partial charge in [-0.3, -0.25) is 4.79 Å². The molecule has 2 rings (SSSR count). The lowest BCUT2D eigenvalue weighted by Crippen LogP contribution is -2.16. The lowest BCUT2D eigenvalue weighted by atomic mass is 9.94. The molecular formula is C16H20ClNO. The number of amides is 1. The van der Waals surface area contributed by atoms with Crippen LogP contribution in [-0.2, 0) is 4.79 Å². The Kier molecular flexibility index (Phi) is 5.03. The summed E-state index contributed by atoms with van der Waals surface area (Å²) in [6.07, 6.45) is 6.73. The molecule has 0 aliphatic heterocycles. The summed E-state index contributed by atoms with van der Waals surface area (Å²) in [5.74, 6) is 0.0293. The maximum Gasteiger partial charge on any atom is 0.251 e. The van der Waals surface area contributed by atoms with Crippen molar-refractivity contribution in [1.29, 1.82) is 0 Å². The van der Waals surface area contributed by atoms with Crippen molar-refractivity contribution >= 4 is 23.2 Å². The molecule has 0 atom stereocenters. The van der Waals surface area contributed by atoms with Gasteiger partial charge in [-0.05, 0) is 50.8 Å². The zero-order valence-electron chi connectivity index (χ0n) is 11.3. The summed E-state index contributed by atoms with van der Waals surface area (Å²) in [5, 5.41) is 3.59. The van der Waals surface area contributed by atoms with Crippen LogP contribution >= 0.6 is 11.6 Å². The van der Waals surface area contributed by atoms with Crippen LogP contribution in [0.5, 0.6) is 0 Å². The molecule has 0 bridgehead atoms. The van der Waals surface area contributed by atoms with Crippen molar-refractivity contribution in [3.05, 3.63) is 40.4 Å². The molecule has 0 radical (unpaired) electrons. The highest BCUT2D eigenvalue weighted by Gasteiger charge is 2.14. The van der Waals surface area contributed by atoms with Gasteiger partial charge in [-0.25, -0.2) is 0 Å². The van der Waals surface area contributed by atoms with Gasteiger partial charge in [-0.1, -0.05) is 36.1 Å². The van der Waals surface area contributed by atoms with Gasteiger partial charge in [0.1, 0.15) is 0 Å². The number of hydrogen-bond acceptors (Lipinski definition) is 1. The van der Waals surface area contributed by atoms with Crippen molar-refractivity contribution in [2.45, 2.75) is 45.4 Å². The maximum atomic E-state index is 12.3. The zero-order chi connectivity index (χ0) is 13.7. The third kappa shape index (κ3) is 4.10. The molecule has 0 spiro atoms. The lowest BCUT2D eigenvalue weighted by molar-refractivity contribution is -0.113. The molecular weight excluding hydrogens is 258 g/mol. The highest BCUT2D eigenvalue weighted by molar-refractivity contribution is 6.30. The van der Waals surface area contributed by atoms with E-state index in [-0.39, 0.29) is 5.91 Å². The molecule has 1 aromatic carbocycles. The maximum absolute atomic E-state index is 12.3. The van der Waals surface area contributed by atoms with E-state index in [9.17, 15) is 4.79 Å². The van der Waals surface area contributed by atoms with Crippen molar-refractivity contribution in [2.75, 3.05) is 5.32 Å². The normalized spacial score (nSPS) is 20.5. The average molecular weight is 278 g/mol. The van der Waals surface area contributed by atoms with E-state index in [0.29, 0.717) is 5.02 Å². The average Bonchev–Trinajstić information content (AvgIpc) is 2.34. The topological polar surface area (TPSA) is 29.1 Å². The molecule has 102 valence electrons. The van der Waals surface area contributed by atoms with Crippen molar-refractivity contribution < 1.29 is 4.79 Å². The third-order valence-electron chi connectivity index (χ3n) is 3.60. The van der Waals surface area contributed by atoms with Crippen LogP contribution in [0.2, 0.25) is 5.02 Å². The molecule has 1 N–H and O–H groups in total. The molecule has 1 amide bonds. The van der Waals surface area contributed by atoms with Crippen LogP contribution in [-0.4, -0.2) is 5.91 Å². The first-order valence-electron chi connectivity index (χ1n) is 6.92. The predicted octanol–water partition coefficient (Wildman–Crippen LogP) is 4.95. The Morgan fingerprint density at radius 2 is 1.89 bits per heavy atom. The van der Waals surface area contributed by atoms with Gasteiger partial charge in [-0.2, -0.15) is 0 Å². The van der Waals surface area contributed by atoms with E-state index in [1.54, 1.807) is 12.1 Å². The van der Waals surface area contributed by atoms with E-state index in [1.165, 1.54) is 24.8 Å². The van der Waals surface area contributed by atoms with Crippen molar-refractivity contribution in [1.82, 2.24) is 0 Å². The van der Waals surface area contributed by atoms with E-state index >= 15 is 0 Å². The van der Waals surface area contributed by atoms with Gasteiger partial charge in [0.15, 0.2) is 0 Å². The van der Waals surface area contributed by atoms with Crippen LogP contribution in [0.1, 0.15) is 45.4 Å². The fourth-order valence-corrected chi connectivity index (χ4v) is 2.68. The van der Waals surface area contributed by atoms with E-state index in [4.69, 9.17) is 11.6 Å². The summed E-state index contributed by atoms with van der Waals surface area (Å²) in [5.41, 5.74) is 2.96. The minimum absolute atomic E-state index is 0.0293. The van der Waals surface area contributed by atoms with Gasteiger partial charge in [0, 0.05) is 16.3 Å². The molecule has 0 saturated heterocycles. The number of allylic oxidation sites excluding steroid dienone is 1. The molecule has 1 aromatic rings. The number of halogens is 1. The van der Waals surface area contributed by atoms with Crippen LogP contribution < -0.4 is 5.32 Å². The van der Waals surface area contributed by atoms with Crippen LogP contribution in [0.3, 0.4) is 0 Å². The number of rotatable bonds is 2. The fourth-order valence-electron chi connectivity index (χ4n) is 2.49. The minimum Gasteiger partial charge on any atom is -0.322 e. The molecule has 19 heavy (non-hydrogen) atoms. The molecule has 0 saturated carbocycles. The van der Waals surface area contributed by atoms with Crippen molar-refractivity contribution in [2.24, 2.45) is 0 Å². The Morgan fingerprint density at radius 3 is 2.63 bits per heavy atom. The Labute approximate surface area is 119 Å². The molecule has 1 aliphatic carbocycles. The second-order valence-electron chi connectivity index (χ2n) is 5.14. The molecule has 1 aliphatic rings. The summed E-state index contributed by atoms with van der Waals surface area (Å²) in [6.45, 7) is 2.08. The minimum atomic E-state index is 0.0293. The summed E-state index contributed by atoms with van der Waals surface area (Å²) in [7, 11) is 0. The quantitative estimate of drug-likeness (QED) is 0.814.